The molecular weight excluding hydrogens is 264 g/mol. The van der Waals surface area contributed by atoms with Gasteiger partial charge in [-0.2, -0.15) is 0 Å². The minimum absolute atomic E-state index is 0.0413. The van der Waals surface area contributed by atoms with E-state index >= 15 is 0 Å². The smallest absolute Gasteiger partial charge is 0.228 e. The maximum Gasteiger partial charge on any atom is 0.228 e. The lowest BCUT2D eigenvalue weighted by atomic mass is 9.79. The van der Waals surface area contributed by atoms with Crippen molar-refractivity contribution in [3.05, 3.63) is 29.8 Å². The summed E-state index contributed by atoms with van der Waals surface area (Å²) in [6, 6.07) is 7.87. The molecule has 0 spiro atoms. The normalized spacial score (nSPS) is 23.8. The minimum atomic E-state index is -0.381. The maximum atomic E-state index is 12.8. The Kier molecular flexibility index (Phi) is 4.15. The van der Waals surface area contributed by atoms with E-state index in [0.717, 1.165) is 37.0 Å². The molecule has 0 radical (unpaired) electrons. The first-order chi connectivity index (χ1) is 10.2. The fraction of sp³-hybridized carbons (Fsp3) is 0.588. The average molecular weight is 288 g/mol. The Morgan fingerprint density at radius 2 is 1.95 bits per heavy atom. The Hall–Kier alpha value is -1.55. The molecule has 114 valence electrons. The van der Waals surface area contributed by atoms with E-state index in [0.29, 0.717) is 13.2 Å². The summed E-state index contributed by atoms with van der Waals surface area (Å²) in [6.07, 6.45) is 6.44. The number of carbonyl (C=O) groups excluding carboxylic acids is 1. The van der Waals surface area contributed by atoms with Gasteiger partial charge < -0.3 is 15.8 Å². The van der Waals surface area contributed by atoms with E-state index < -0.39 is 0 Å². The summed E-state index contributed by atoms with van der Waals surface area (Å²) < 4.78 is 5.64. The summed E-state index contributed by atoms with van der Waals surface area (Å²) in [5.74, 6) is 0.989. The van der Waals surface area contributed by atoms with Gasteiger partial charge in [0.05, 0.1) is 11.5 Å². The molecule has 1 atom stereocenters. The second-order valence-electron chi connectivity index (χ2n) is 6.27. The van der Waals surface area contributed by atoms with E-state index in [1.807, 2.05) is 24.3 Å². The number of ether oxygens (including phenoxy) is 1. The Balaban J connectivity index is 1.73. The first-order valence-electron chi connectivity index (χ1n) is 7.98. The molecule has 0 aromatic heterocycles. The van der Waals surface area contributed by atoms with Crippen molar-refractivity contribution in [3.8, 4) is 5.75 Å². The van der Waals surface area contributed by atoms with E-state index in [4.69, 9.17) is 10.5 Å². The molecule has 3 rings (SSSR count). The number of carbonyl (C=O) groups is 1. The largest absolute Gasteiger partial charge is 0.491 e. The molecule has 1 heterocycles. The molecule has 2 aliphatic rings. The van der Waals surface area contributed by atoms with Crippen LogP contribution in [0.3, 0.4) is 0 Å². The summed E-state index contributed by atoms with van der Waals surface area (Å²) in [7, 11) is 0. The van der Waals surface area contributed by atoms with Crippen molar-refractivity contribution in [2.75, 3.05) is 13.2 Å². The molecule has 0 saturated heterocycles. The number of benzene rings is 1. The van der Waals surface area contributed by atoms with E-state index in [1.54, 1.807) is 0 Å². The molecule has 4 heteroatoms. The highest BCUT2D eigenvalue weighted by atomic mass is 16.5. The molecule has 0 bridgehead atoms. The van der Waals surface area contributed by atoms with Gasteiger partial charge in [0.25, 0.3) is 0 Å². The number of rotatable bonds is 3. The summed E-state index contributed by atoms with van der Waals surface area (Å²) in [4.78, 5) is 12.8. The van der Waals surface area contributed by atoms with Crippen LogP contribution >= 0.6 is 0 Å². The standard InChI is InChI=1S/C17H24N2O2/c18-12-17(9-5-1-2-6-10-17)16(20)19-14-11-21-15-8-4-3-7-13(14)15/h3-4,7-8,14H,1-2,5-6,9-12,18H2,(H,19,20). The third-order valence-electron chi connectivity index (χ3n) is 4.94. The zero-order valence-electron chi connectivity index (χ0n) is 12.4. The average Bonchev–Trinajstić information content (AvgIpc) is 2.76. The van der Waals surface area contributed by atoms with Gasteiger partial charge in [0.1, 0.15) is 12.4 Å². The van der Waals surface area contributed by atoms with Crippen LogP contribution in [0.1, 0.15) is 50.1 Å². The van der Waals surface area contributed by atoms with Gasteiger partial charge in [-0.3, -0.25) is 4.79 Å². The topological polar surface area (TPSA) is 64.4 Å². The number of hydrogen-bond donors (Lipinski definition) is 2. The first-order valence-corrected chi connectivity index (χ1v) is 7.98. The van der Waals surface area contributed by atoms with Crippen LogP contribution in [-0.4, -0.2) is 19.1 Å². The summed E-state index contributed by atoms with van der Waals surface area (Å²) >= 11 is 0. The van der Waals surface area contributed by atoms with Crippen molar-refractivity contribution in [3.63, 3.8) is 0 Å². The molecule has 1 aromatic rings. The van der Waals surface area contributed by atoms with Crippen molar-refractivity contribution in [1.29, 1.82) is 0 Å². The van der Waals surface area contributed by atoms with Gasteiger partial charge in [-0.05, 0) is 18.9 Å². The van der Waals surface area contributed by atoms with Crippen LogP contribution < -0.4 is 15.8 Å². The fourth-order valence-corrected chi connectivity index (χ4v) is 3.52. The maximum absolute atomic E-state index is 12.8. The third kappa shape index (κ3) is 2.77. The molecule has 4 nitrogen and oxygen atoms in total. The predicted octanol–water partition coefficient (Wildman–Crippen LogP) is 2.54. The molecule has 1 fully saturated rings. The van der Waals surface area contributed by atoms with E-state index in [9.17, 15) is 4.79 Å². The Bertz CT molecular complexity index is 507. The van der Waals surface area contributed by atoms with Gasteiger partial charge in [-0.25, -0.2) is 0 Å². The van der Waals surface area contributed by atoms with Crippen LogP contribution in [0.15, 0.2) is 24.3 Å². The highest BCUT2D eigenvalue weighted by Crippen LogP contribution is 2.37. The van der Waals surface area contributed by atoms with Gasteiger partial charge in [0.2, 0.25) is 5.91 Å². The Morgan fingerprint density at radius 1 is 1.24 bits per heavy atom. The molecular formula is C17H24N2O2. The zero-order valence-corrected chi connectivity index (χ0v) is 12.4. The molecule has 21 heavy (non-hydrogen) atoms. The van der Waals surface area contributed by atoms with Crippen LogP contribution in [0.2, 0.25) is 0 Å². The molecule has 1 saturated carbocycles. The molecule has 1 amide bonds. The van der Waals surface area contributed by atoms with Crippen LogP contribution in [-0.2, 0) is 4.79 Å². The molecule has 1 aliphatic carbocycles. The van der Waals surface area contributed by atoms with Gasteiger partial charge in [-0.1, -0.05) is 43.9 Å². The lowest BCUT2D eigenvalue weighted by Gasteiger charge is -2.31. The highest BCUT2D eigenvalue weighted by molar-refractivity contribution is 5.83. The van der Waals surface area contributed by atoms with Crippen LogP contribution in [0.5, 0.6) is 5.75 Å². The molecule has 3 N–H and O–H groups in total. The van der Waals surface area contributed by atoms with E-state index in [2.05, 4.69) is 5.32 Å². The van der Waals surface area contributed by atoms with Crippen molar-refractivity contribution in [2.24, 2.45) is 11.1 Å². The Morgan fingerprint density at radius 3 is 2.67 bits per heavy atom. The summed E-state index contributed by atoms with van der Waals surface area (Å²) in [5, 5.41) is 3.18. The number of para-hydroxylation sites is 1. The lowest BCUT2D eigenvalue weighted by molar-refractivity contribution is -0.132. The quantitative estimate of drug-likeness (QED) is 0.840. The molecule has 1 aromatic carbocycles. The van der Waals surface area contributed by atoms with E-state index in [1.165, 1.54) is 12.8 Å². The van der Waals surface area contributed by atoms with Crippen molar-refractivity contribution >= 4 is 5.91 Å². The highest BCUT2D eigenvalue weighted by Gasteiger charge is 2.39. The third-order valence-corrected chi connectivity index (χ3v) is 4.94. The summed E-state index contributed by atoms with van der Waals surface area (Å²) in [5.41, 5.74) is 6.68. The van der Waals surface area contributed by atoms with Crippen LogP contribution in [0, 0.1) is 5.41 Å². The van der Waals surface area contributed by atoms with Gasteiger partial charge in [0.15, 0.2) is 0 Å². The SMILES string of the molecule is NCC1(C(=O)NC2COc3ccccc32)CCCCCC1. The Labute approximate surface area is 126 Å². The lowest BCUT2D eigenvalue weighted by Crippen LogP contribution is -2.47. The van der Waals surface area contributed by atoms with Crippen molar-refractivity contribution < 1.29 is 9.53 Å². The molecule has 1 unspecified atom stereocenters. The second kappa shape index (κ2) is 6.06. The zero-order chi connectivity index (χ0) is 14.7. The van der Waals surface area contributed by atoms with Crippen LogP contribution in [0.4, 0.5) is 0 Å². The number of amides is 1. The van der Waals surface area contributed by atoms with Crippen molar-refractivity contribution in [2.45, 2.75) is 44.6 Å². The number of nitrogens with one attached hydrogen (secondary N) is 1. The number of fused-ring (bicyclic) bond motifs is 1. The minimum Gasteiger partial charge on any atom is -0.491 e. The van der Waals surface area contributed by atoms with Gasteiger partial charge in [-0.15, -0.1) is 0 Å². The van der Waals surface area contributed by atoms with Gasteiger partial charge >= 0.3 is 0 Å². The monoisotopic (exact) mass is 288 g/mol. The summed E-state index contributed by atoms with van der Waals surface area (Å²) in [6.45, 7) is 0.958. The molecule has 1 aliphatic heterocycles. The first kappa shape index (κ1) is 14.4. The second-order valence-corrected chi connectivity index (χ2v) is 6.27. The fourth-order valence-electron chi connectivity index (χ4n) is 3.52. The van der Waals surface area contributed by atoms with Gasteiger partial charge in [0, 0.05) is 12.1 Å². The number of nitrogens with two attached hydrogens (primary N) is 1. The number of hydrogen-bond acceptors (Lipinski definition) is 3. The van der Waals surface area contributed by atoms with Crippen LogP contribution in [0.25, 0.3) is 0 Å². The predicted molar refractivity (Wildman–Crippen MR) is 82.0 cm³/mol. The van der Waals surface area contributed by atoms with Crippen molar-refractivity contribution in [1.82, 2.24) is 5.32 Å². The van der Waals surface area contributed by atoms with E-state index in [-0.39, 0.29) is 17.4 Å².